The Morgan fingerprint density at radius 2 is 1.65 bits per heavy atom. The van der Waals surface area contributed by atoms with Crippen LogP contribution in [0.2, 0.25) is 0 Å². The van der Waals surface area contributed by atoms with Crippen LogP contribution in [-0.2, 0) is 9.59 Å². The molecule has 0 radical (unpaired) electrons. The summed E-state index contributed by atoms with van der Waals surface area (Å²) >= 11 is 0. The molecular weight excluding hydrogens is 336 g/mol. The normalized spacial score (nSPS) is 12.7. The van der Waals surface area contributed by atoms with Crippen LogP contribution in [0.15, 0.2) is 48.5 Å². The number of nitrogens with one attached hydrogen (secondary N) is 1. The minimum atomic E-state index is -0.582. The summed E-state index contributed by atoms with van der Waals surface area (Å²) in [5.74, 6) is -1.37. The SMILES string of the molecule is CC(=O)Nc1cccc(OC(=O)CCN2C(=O)c3ccccc3C2=O)c1. The minimum Gasteiger partial charge on any atom is -0.426 e. The number of anilines is 1. The van der Waals surface area contributed by atoms with E-state index in [1.54, 1.807) is 42.5 Å². The smallest absolute Gasteiger partial charge is 0.313 e. The van der Waals surface area contributed by atoms with Crippen LogP contribution in [-0.4, -0.2) is 35.1 Å². The van der Waals surface area contributed by atoms with Gasteiger partial charge in [0.1, 0.15) is 5.75 Å². The van der Waals surface area contributed by atoms with E-state index >= 15 is 0 Å². The van der Waals surface area contributed by atoms with Crippen molar-refractivity contribution in [1.29, 1.82) is 0 Å². The van der Waals surface area contributed by atoms with E-state index in [9.17, 15) is 19.2 Å². The quantitative estimate of drug-likeness (QED) is 0.506. The molecule has 3 rings (SSSR count). The summed E-state index contributed by atoms with van der Waals surface area (Å²) in [5.41, 5.74) is 1.19. The third kappa shape index (κ3) is 3.61. The monoisotopic (exact) mass is 352 g/mol. The first-order valence-electron chi connectivity index (χ1n) is 7.99. The summed E-state index contributed by atoms with van der Waals surface area (Å²) in [6, 6.07) is 12.9. The molecule has 0 saturated heterocycles. The molecule has 1 N–H and O–H groups in total. The maximum atomic E-state index is 12.2. The lowest BCUT2D eigenvalue weighted by atomic mass is 10.1. The topological polar surface area (TPSA) is 92.8 Å². The Morgan fingerprint density at radius 3 is 2.27 bits per heavy atom. The lowest BCUT2D eigenvalue weighted by Gasteiger charge is -2.13. The molecule has 3 amide bonds. The molecular formula is C19H16N2O5. The fourth-order valence-electron chi connectivity index (χ4n) is 2.67. The maximum Gasteiger partial charge on any atom is 0.313 e. The van der Waals surface area contributed by atoms with Crippen LogP contribution in [0.3, 0.4) is 0 Å². The zero-order valence-corrected chi connectivity index (χ0v) is 14.0. The maximum absolute atomic E-state index is 12.2. The Morgan fingerprint density at radius 1 is 1.00 bits per heavy atom. The van der Waals surface area contributed by atoms with Crippen molar-refractivity contribution in [3.63, 3.8) is 0 Å². The Hall–Kier alpha value is -3.48. The molecule has 26 heavy (non-hydrogen) atoms. The fraction of sp³-hybridized carbons (Fsp3) is 0.158. The second-order valence-electron chi connectivity index (χ2n) is 5.74. The molecule has 0 unspecified atom stereocenters. The highest BCUT2D eigenvalue weighted by Gasteiger charge is 2.35. The molecule has 2 aromatic carbocycles. The number of rotatable bonds is 5. The highest BCUT2D eigenvalue weighted by molar-refractivity contribution is 6.21. The number of esters is 1. The molecule has 0 bridgehead atoms. The number of fused-ring (bicyclic) bond motifs is 1. The van der Waals surface area contributed by atoms with Crippen LogP contribution in [0.25, 0.3) is 0 Å². The molecule has 0 aliphatic carbocycles. The average molecular weight is 352 g/mol. The molecule has 132 valence electrons. The van der Waals surface area contributed by atoms with E-state index in [1.165, 1.54) is 13.0 Å². The van der Waals surface area contributed by atoms with E-state index in [4.69, 9.17) is 4.74 Å². The van der Waals surface area contributed by atoms with E-state index in [1.807, 2.05) is 0 Å². The molecule has 7 heteroatoms. The first kappa shape index (κ1) is 17.3. The molecule has 0 fully saturated rings. The van der Waals surface area contributed by atoms with Crippen LogP contribution < -0.4 is 10.1 Å². The number of hydrogen-bond acceptors (Lipinski definition) is 5. The van der Waals surface area contributed by atoms with Gasteiger partial charge in [0.2, 0.25) is 5.91 Å². The number of ether oxygens (including phenoxy) is 1. The molecule has 0 spiro atoms. The van der Waals surface area contributed by atoms with E-state index < -0.39 is 17.8 Å². The summed E-state index contributed by atoms with van der Waals surface area (Å²) in [6.07, 6.45) is -0.129. The second-order valence-corrected chi connectivity index (χ2v) is 5.74. The second kappa shape index (κ2) is 7.18. The number of carbonyl (C=O) groups excluding carboxylic acids is 4. The van der Waals surface area contributed by atoms with Gasteiger partial charge in [-0.2, -0.15) is 0 Å². The fourth-order valence-corrected chi connectivity index (χ4v) is 2.67. The Labute approximate surface area is 149 Å². The van der Waals surface area contributed by atoms with Crippen molar-refractivity contribution in [2.45, 2.75) is 13.3 Å². The zero-order chi connectivity index (χ0) is 18.7. The molecule has 1 aliphatic rings. The number of imide groups is 1. The van der Waals surface area contributed by atoms with Gasteiger partial charge in [0.15, 0.2) is 0 Å². The van der Waals surface area contributed by atoms with Crippen LogP contribution in [0.1, 0.15) is 34.1 Å². The van der Waals surface area contributed by atoms with Crippen LogP contribution >= 0.6 is 0 Å². The minimum absolute atomic E-state index is 0.0590. The molecule has 1 heterocycles. The van der Waals surface area contributed by atoms with Crippen molar-refractivity contribution in [2.24, 2.45) is 0 Å². The van der Waals surface area contributed by atoms with Gasteiger partial charge in [-0.25, -0.2) is 0 Å². The zero-order valence-electron chi connectivity index (χ0n) is 14.0. The van der Waals surface area contributed by atoms with Crippen LogP contribution in [0.5, 0.6) is 5.75 Å². The Bertz CT molecular complexity index is 871. The van der Waals surface area contributed by atoms with Crippen molar-refractivity contribution < 1.29 is 23.9 Å². The molecule has 0 aromatic heterocycles. The lowest BCUT2D eigenvalue weighted by molar-refractivity contribution is -0.134. The number of hydrogen-bond donors (Lipinski definition) is 1. The standard InChI is InChI=1S/C19H16N2O5/c1-12(22)20-13-5-4-6-14(11-13)26-17(23)9-10-21-18(24)15-7-2-3-8-16(15)19(21)25/h2-8,11H,9-10H2,1H3,(H,20,22). The summed E-state index contributed by atoms with van der Waals surface area (Å²) in [7, 11) is 0. The van der Waals surface area contributed by atoms with Gasteiger partial charge in [-0.1, -0.05) is 18.2 Å². The van der Waals surface area contributed by atoms with Gasteiger partial charge in [-0.3, -0.25) is 24.1 Å². The largest absolute Gasteiger partial charge is 0.426 e. The predicted molar refractivity (Wildman–Crippen MR) is 92.8 cm³/mol. The van der Waals surface area contributed by atoms with Crippen molar-refractivity contribution in [3.05, 3.63) is 59.7 Å². The van der Waals surface area contributed by atoms with Crippen molar-refractivity contribution in [2.75, 3.05) is 11.9 Å². The van der Waals surface area contributed by atoms with E-state index in [0.717, 1.165) is 4.90 Å². The summed E-state index contributed by atoms with van der Waals surface area (Å²) in [6.45, 7) is 1.32. The van der Waals surface area contributed by atoms with E-state index in [0.29, 0.717) is 16.8 Å². The highest BCUT2D eigenvalue weighted by atomic mass is 16.5. The highest BCUT2D eigenvalue weighted by Crippen LogP contribution is 2.23. The third-order valence-electron chi connectivity index (χ3n) is 3.80. The van der Waals surface area contributed by atoms with Crippen molar-refractivity contribution in [1.82, 2.24) is 4.90 Å². The molecule has 2 aromatic rings. The van der Waals surface area contributed by atoms with Crippen molar-refractivity contribution >= 4 is 29.4 Å². The first-order chi connectivity index (χ1) is 12.5. The van der Waals surface area contributed by atoms with Gasteiger partial charge in [0.25, 0.3) is 11.8 Å². The van der Waals surface area contributed by atoms with Crippen LogP contribution in [0.4, 0.5) is 5.69 Å². The average Bonchev–Trinajstić information content (AvgIpc) is 2.84. The van der Waals surface area contributed by atoms with Gasteiger partial charge >= 0.3 is 5.97 Å². The lowest BCUT2D eigenvalue weighted by Crippen LogP contribution is -2.32. The molecule has 1 aliphatic heterocycles. The molecule has 7 nitrogen and oxygen atoms in total. The number of nitrogens with zero attached hydrogens (tertiary/aromatic N) is 1. The summed E-state index contributed by atoms with van der Waals surface area (Å²) in [4.78, 5) is 48.6. The number of benzene rings is 2. The van der Waals surface area contributed by atoms with Gasteiger partial charge in [0, 0.05) is 25.2 Å². The van der Waals surface area contributed by atoms with Crippen LogP contribution in [0, 0.1) is 0 Å². The number of carbonyl (C=O) groups is 4. The third-order valence-corrected chi connectivity index (χ3v) is 3.80. The molecule has 0 atom stereocenters. The summed E-state index contributed by atoms with van der Waals surface area (Å²) < 4.78 is 5.20. The molecule has 0 saturated carbocycles. The van der Waals surface area contributed by atoms with Gasteiger partial charge < -0.3 is 10.1 Å². The Balaban J connectivity index is 1.59. The Kier molecular flexibility index (Phi) is 4.79. The van der Waals surface area contributed by atoms with Crippen molar-refractivity contribution in [3.8, 4) is 5.75 Å². The summed E-state index contributed by atoms with van der Waals surface area (Å²) in [5, 5.41) is 2.59. The van der Waals surface area contributed by atoms with Gasteiger partial charge in [0.05, 0.1) is 17.5 Å². The van der Waals surface area contributed by atoms with Gasteiger partial charge in [-0.15, -0.1) is 0 Å². The number of amides is 3. The first-order valence-corrected chi connectivity index (χ1v) is 7.99. The van der Waals surface area contributed by atoms with Gasteiger partial charge in [-0.05, 0) is 24.3 Å². The van der Waals surface area contributed by atoms with E-state index in [2.05, 4.69) is 5.32 Å². The van der Waals surface area contributed by atoms with E-state index in [-0.39, 0.29) is 24.6 Å². The predicted octanol–water partition coefficient (Wildman–Crippen LogP) is 2.24.